The lowest BCUT2D eigenvalue weighted by molar-refractivity contribution is 0.624. The molecule has 2 rings (SSSR count). The maximum Gasteiger partial charge on any atom is 0.142 e. The van der Waals surface area contributed by atoms with Gasteiger partial charge in [0.05, 0.1) is 16.7 Å². The van der Waals surface area contributed by atoms with Gasteiger partial charge in [0, 0.05) is 9.79 Å². The summed E-state index contributed by atoms with van der Waals surface area (Å²) in [5.74, 6) is -0.426. The summed E-state index contributed by atoms with van der Waals surface area (Å²) < 4.78 is 13.2. The summed E-state index contributed by atoms with van der Waals surface area (Å²) in [4.78, 5) is 1.72. The summed E-state index contributed by atoms with van der Waals surface area (Å²) in [7, 11) is 0. The maximum absolute atomic E-state index is 13.2. The smallest absolute Gasteiger partial charge is 0.142 e. The molecule has 1 nitrogen and oxygen atoms in total. The van der Waals surface area contributed by atoms with E-state index < -0.39 is 5.82 Å². The highest BCUT2D eigenvalue weighted by atomic mass is 35.5. The number of nitrogens with zero attached hydrogens (tertiary/aromatic N) is 1. The Kier molecular flexibility index (Phi) is 3.68. The fraction of sp³-hybridized carbons (Fsp3) is 0. The molecule has 0 spiro atoms. The Morgan fingerprint density at radius 3 is 2.29 bits per heavy atom. The van der Waals surface area contributed by atoms with Crippen molar-refractivity contribution in [3.05, 3.63) is 58.9 Å². The molecule has 0 amide bonds. The minimum atomic E-state index is -0.426. The molecule has 0 aliphatic carbocycles. The van der Waals surface area contributed by atoms with Gasteiger partial charge in [-0.1, -0.05) is 23.4 Å². The Balaban J connectivity index is 2.20. The van der Waals surface area contributed by atoms with E-state index in [0.29, 0.717) is 5.56 Å². The van der Waals surface area contributed by atoms with Crippen LogP contribution in [-0.4, -0.2) is 0 Å². The molecule has 0 N–H and O–H groups in total. The summed E-state index contributed by atoms with van der Waals surface area (Å²) in [6.45, 7) is 0. The summed E-state index contributed by atoms with van der Waals surface area (Å²) in [5, 5.41) is 8.78. The molecule has 0 saturated heterocycles. The number of rotatable bonds is 2. The topological polar surface area (TPSA) is 23.8 Å². The Morgan fingerprint density at radius 2 is 1.71 bits per heavy atom. The van der Waals surface area contributed by atoms with Crippen molar-refractivity contribution in [3.63, 3.8) is 0 Å². The number of hydrogen-bond acceptors (Lipinski definition) is 2. The molecule has 84 valence electrons. The number of nitriles is 1. The average Bonchev–Trinajstić information content (AvgIpc) is 2.35. The van der Waals surface area contributed by atoms with E-state index in [1.807, 2.05) is 18.2 Å². The first kappa shape index (κ1) is 12.0. The van der Waals surface area contributed by atoms with Crippen LogP contribution in [0.2, 0.25) is 5.02 Å². The van der Waals surface area contributed by atoms with E-state index in [1.165, 1.54) is 23.9 Å². The molecule has 0 bridgehead atoms. The molecule has 0 aliphatic heterocycles. The van der Waals surface area contributed by atoms with Gasteiger partial charge < -0.3 is 0 Å². The lowest BCUT2D eigenvalue weighted by Gasteiger charge is -2.02. The van der Waals surface area contributed by atoms with E-state index in [9.17, 15) is 4.39 Å². The molecular formula is C13H7ClFNS. The SMILES string of the molecule is N#Cc1ccc(Sc2ccc(Cl)c(F)c2)cc1. The Morgan fingerprint density at radius 1 is 1.06 bits per heavy atom. The molecule has 0 fully saturated rings. The van der Waals surface area contributed by atoms with Crippen molar-refractivity contribution in [2.45, 2.75) is 9.79 Å². The third-order valence-corrected chi connectivity index (χ3v) is 3.41. The van der Waals surface area contributed by atoms with Crippen molar-refractivity contribution in [2.75, 3.05) is 0 Å². The average molecular weight is 264 g/mol. The van der Waals surface area contributed by atoms with Crippen molar-refractivity contribution in [1.29, 1.82) is 5.26 Å². The van der Waals surface area contributed by atoms with Crippen LogP contribution < -0.4 is 0 Å². The van der Waals surface area contributed by atoms with Crippen LogP contribution in [0.3, 0.4) is 0 Å². The highest BCUT2D eigenvalue weighted by Gasteiger charge is 2.02. The van der Waals surface area contributed by atoms with Gasteiger partial charge in [0.2, 0.25) is 0 Å². The van der Waals surface area contributed by atoms with E-state index >= 15 is 0 Å². The third-order valence-electron chi connectivity index (χ3n) is 2.11. The molecule has 0 unspecified atom stereocenters. The van der Waals surface area contributed by atoms with Gasteiger partial charge in [-0.3, -0.25) is 0 Å². The highest BCUT2D eigenvalue weighted by Crippen LogP contribution is 2.29. The van der Waals surface area contributed by atoms with E-state index in [0.717, 1.165) is 9.79 Å². The predicted molar refractivity (Wildman–Crippen MR) is 66.7 cm³/mol. The second-order valence-electron chi connectivity index (χ2n) is 3.31. The monoisotopic (exact) mass is 263 g/mol. The molecule has 4 heteroatoms. The lowest BCUT2D eigenvalue weighted by Crippen LogP contribution is -1.79. The zero-order valence-corrected chi connectivity index (χ0v) is 10.2. The molecule has 0 saturated carbocycles. The van der Waals surface area contributed by atoms with Crippen molar-refractivity contribution in [2.24, 2.45) is 0 Å². The van der Waals surface area contributed by atoms with Gasteiger partial charge in [0.1, 0.15) is 5.82 Å². The molecule has 2 aromatic rings. The molecular weight excluding hydrogens is 257 g/mol. The van der Waals surface area contributed by atoms with Gasteiger partial charge in [-0.05, 0) is 42.5 Å². The second kappa shape index (κ2) is 5.22. The van der Waals surface area contributed by atoms with E-state index in [2.05, 4.69) is 0 Å². The molecule has 0 aliphatic rings. The standard InChI is InChI=1S/C13H7ClFNS/c14-12-6-5-11(7-13(12)15)17-10-3-1-9(8-16)2-4-10/h1-7H. The molecule has 0 heterocycles. The Bertz CT molecular complexity index is 575. The minimum Gasteiger partial charge on any atom is -0.205 e. The zero-order valence-electron chi connectivity index (χ0n) is 8.65. The number of hydrogen-bond donors (Lipinski definition) is 0. The van der Waals surface area contributed by atoms with Gasteiger partial charge in [-0.15, -0.1) is 0 Å². The van der Waals surface area contributed by atoms with Crippen LogP contribution in [0.5, 0.6) is 0 Å². The van der Waals surface area contributed by atoms with Crippen molar-refractivity contribution < 1.29 is 4.39 Å². The molecule has 17 heavy (non-hydrogen) atoms. The first-order valence-electron chi connectivity index (χ1n) is 4.82. The van der Waals surface area contributed by atoms with E-state index in [4.69, 9.17) is 16.9 Å². The highest BCUT2D eigenvalue weighted by molar-refractivity contribution is 7.99. The Hall–Kier alpha value is -1.50. The van der Waals surface area contributed by atoms with Gasteiger partial charge in [-0.2, -0.15) is 5.26 Å². The van der Waals surface area contributed by atoms with Crippen molar-refractivity contribution in [1.82, 2.24) is 0 Å². The van der Waals surface area contributed by atoms with Crippen molar-refractivity contribution >= 4 is 23.4 Å². The third kappa shape index (κ3) is 3.00. The second-order valence-corrected chi connectivity index (χ2v) is 4.87. The van der Waals surface area contributed by atoms with Gasteiger partial charge in [0.25, 0.3) is 0 Å². The number of benzene rings is 2. The normalized spacial score (nSPS) is 9.94. The zero-order chi connectivity index (χ0) is 12.3. The van der Waals surface area contributed by atoms with Crippen molar-refractivity contribution in [3.8, 4) is 6.07 Å². The molecule has 0 radical (unpaired) electrons. The fourth-order valence-electron chi connectivity index (χ4n) is 1.27. The predicted octanol–water partition coefficient (Wildman–Crippen LogP) is 4.50. The van der Waals surface area contributed by atoms with Crippen LogP contribution in [-0.2, 0) is 0 Å². The van der Waals surface area contributed by atoms with E-state index in [-0.39, 0.29) is 5.02 Å². The fourth-order valence-corrected chi connectivity index (χ4v) is 2.23. The first-order valence-corrected chi connectivity index (χ1v) is 6.01. The quantitative estimate of drug-likeness (QED) is 0.796. The van der Waals surface area contributed by atoms with Crippen LogP contribution in [0.1, 0.15) is 5.56 Å². The lowest BCUT2D eigenvalue weighted by atomic mass is 10.2. The van der Waals surface area contributed by atoms with Crippen LogP contribution in [0.4, 0.5) is 4.39 Å². The molecule has 0 aromatic heterocycles. The Labute approximate surface area is 108 Å². The maximum atomic E-state index is 13.2. The van der Waals surface area contributed by atoms with Gasteiger partial charge >= 0.3 is 0 Å². The van der Waals surface area contributed by atoms with Crippen LogP contribution >= 0.6 is 23.4 Å². The van der Waals surface area contributed by atoms with Gasteiger partial charge in [-0.25, -0.2) is 4.39 Å². The summed E-state index contributed by atoms with van der Waals surface area (Å²) in [6, 6.07) is 13.9. The summed E-state index contributed by atoms with van der Waals surface area (Å²) in [5.41, 5.74) is 0.608. The van der Waals surface area contributed by atoms with Gasteiger partial charge in [0.15, 0.2) is 0 Å². The largest absolute Gasteiger partial charge is 0.205 e. The van der Waals surface area contributed by atoms with E-state index in [1.54, 1.807) is 18.2 Å². The first-order chi connectivity index (χ1) is 8.19. The number of halogens is 2. The molecule has 2 aromatic carbocycles. The molecule has 0 atom stereocenters. The summed E-state index contributed by atoms with van der Waals surface area (Å²) in [6.07, 6.45) is 0. The van der Waals surface area contributed by atoms with Crippen LogP contribution in [0.15, 0.2) is 52.3 Å². The summed E-state index contributed by atoms with van der Waals surface area (Å²) >= 11 is 7.02. The van der Waals surface area contributed by atoms with Crippen LogP contribution in [0.25, 0.3) is 0 Å². The van der Waals surface area contributed by atoms with Crippen LogP contribution in [0, 0.1) is 17.1 Å². The minimum absolute atomic E-state index is 0.120.